The van der Waals surface area contributed by atoms with Crippen molar-refractivity contribution in [3.63, 3.8) is 0 Å². The number of hydrogen-bond acceptors (Lipinski definition) is 6. The van der Waals surface area contributed by atoms with E-state index in [-0.39, 0.29) is 25.3 Å². The van der Waals surface area contributed by atoms with E-state index in [1.807, 2.05) is 6.07 Å². The van der Waals surface area contributed by atoms with Crippen LogP contribution in [0.3, 0.4) is 0 Å². The van der Waals surface area contributed by atoms with Crippen molar-refractivity contribution in [2.75, 3.05) is 27.1 Å². The van der Waals surface area contributed by atoms with Crippen LogP contribution in [0.1, 0.15) is 22.6 Å². The Morgan fingerprint density at radius 2 is 2.24 bits per heavy atom. The normalized spacial score (nSPS) is 18.4. The van der Waals surface area contributed by atoms with E-state index in [1.165, 1.54) is 0 Å². The summed E-state index contributed by atoms with van der Waals surface area (Å²) in [6.07, 6.45) is 0.854. The second kappa shape index (κ2) is 6.64. The lowest BCUT2D eigenvalue weighted by Gasteiger charge is -2.21. The number of nitrogens with zero attached hydrogens (tertiary/aromatic N) is 2. The third kappa shape index (κ3) is 3.25. The Bertz CT molecular complexity index is 769. The van der Waals surface area contributed by atoms with Crippen LogP contribution < -0.4 is 14.2 Å². The van der Waals surface area contributed by atoms with Crippen LogP contribution >= 0.6 is 0 Å². The summed E-state index contributed by atoms with van der Waals surface area (Å²) in [7, 11) is 1.78. The van der Waals surface area contributed by atoms with Crippen LogP contribution in [0.2, 0.25) is 0 Å². The predicted octanol–water partition coefficient (Wildman–Crippen LogP) is 1.58. The van der Waals surface area contributed by atoms with E-state index in [1.54, 1.807) is 30.1 Å². The fraction of sp³-hybridized carbons (Fsp3) is 0.412. The molecule has 0 radical (unpaired) electrons. The van der Waals surface area contributed by atoms with Gasteiger partial charge in [0.1, 0.15) is 12.4 Å². The molecule has 2 aromatic rings. The van der Waals surface area contributed by atoms with Crippen molar-refractivity contribution in [3.8, 4) is 17.2 Å². The van der Waals surface area contributed by atoms with Gasteiger partial charge in [0.25, 0.3) is 5.91 Å². The summed E-state index contributed by atoms with van der Waals surface area (Å²) in [6, 6.07) is 7.21. The summed E-state index contributed by atoms with van der Waals surface area (Å²) in [5, 5.41) is 6.94. The molecule has 1 aromatic carbocycles. The number of carbonyl (C=O) groups excluding carboxylic acids is 1. The molecule has 8 heteroatoms. The molecule has 1 saturated heterocycles. The number of amides is 1. The van der Waals surface area contributed by atoms with Gasteiger partial charge in [0, 0.05) is 19.7 Å². The lowest BCUT2D eigenvalue weighted by Crippen LogP contribution is -2.37. The average molecular weight is 345 g/mol. The maximum atomic E-state index is 12.5. The number of fused-ring (bicyclic) bond motifs is 1. The zero-order chi connectivity index (χ0) is 17.2. The number of aromatic nitrogens is 2. The van der Waals surface area contributed by atoms with Crippen LogP contribution in [-0.4, -0.2) is 54.1 Å². The van der Waals surface area contributed by atoms with Gasteiger partial charge in [-0.05, 0) is 24.6 Å². The molecular formula is C17H19N3O5. The first-order valence-corrected chi connectivity index (χ1v) is 8.12. The Labute approximate surface area is 144 Å². The van der Waals surface area contributed by atoms with Crippen LogP contribution in [0.15, 0.2) is 24.3 Å². The molecule has 2 aliphatic heterocycles. The van der Waals surface area contributed by atoms with Crippen molar-refractivity contribution in [1.82, 2.24) is 15.1 Å². The summed E-state index contributed by atoms with van der Waals surface area (Å²) in [4.78, 5) is 14.1. The standard InChI is InChI=1S/C17H19N3O5/c1-20(12-4-5-22-9-12)17(21)14-6-11(18-19-14)8-23-13-2-3-15-16(7-13)25-10-24-15/h2-3,6-7,12H,4-5,8-10H2,1H3,(H,18,19)/t12-/m1/s1. The van der Waals surface area contributed by atoms with Crippen molar-refractivity contribution < 1.29 is 23.7 Å². The molecule has 132 valence electrons. The molecular weight excluding hydrogens is 326 g/mol. The van der Waals surface area contributed by atoms with Crippen molar-refractivity contribution in [2.45, 2.75) is 19.1 Å². The molecule has 25 heavy (non-hydrogen) atoms. The van der Waals surface area contributed by atoms with Crippen molar-refractivity contribution in [2.24, 2.45) is 0 Å². The minimum Gasteiger partial charge on any atom is -0.487 e. The summed E-state index contributed by atoms with van der Waals surface area (Å²) >= 11 is 0. The Morgan fingerprint density at radius 1 is 1.36 bits per heavy atom. The Morgan fingerprint density at radius 3 is 3.08 bits per heavy atom. The SMILES string of the molecule is CN(C(=O)c1cc(COc2ccc3c(c2)OCO3)[nH]n1)[C@@H]1CCOC1. The zero-order valence-corrected chi connectivity index (χ0v) is 13.9. The second-order valence-electron chi connectivity index (χ2n) is 6.02. The number of ether oxygens (including phenoxy) is 4. The minimum absolute atomic E-state index is 0.109. The number of hydrogen-bond donors (Lipinski definition) is 1. The highest BCUT2D eigenvalue weighted by molar-refractivity contribution is 5.92. The minimum atomic E-state index is -0.124. The van der Waals surface area contributed by atoms with Crippen molar-refractivity contribution in [1.29, 1.82) is 0 Å². The van der Waals surface area contributed by atoms with Crippen molar-refractivity contribution >= 4 is 5.91 Å². The molecule has 0 unspecified atom stereocenters. The van der Waals surface area contributed by atoms with Gasteiger partial charge in [-0.15, -0.1) is 0 Å². The number of H-pyrrole nitrogens is 1. The van der Waals surface area contributed by atoms with Gasteiger partial charge in [-0.1, -0.05) is 0 Å². The van der Waals surface area contributed by atoms with Gasteiger partial charge >= 0.3 is 0 Å². The van der Waals surface area contributed by atoms with E-state index in [4.69, 9.17) is 18.9 Å². The molecule has 1 fully saturated rings. The van der Waals surface area contributed by atoms with Gasteiger partial charge in [0.05, 0.1) is 18.3 Å². The molecule has 1 atom stereocenters. The summed E-state index contributed by atoms with van der Waals surface area (Å²) < 4.78 is 21.6. The lowest BCUT2D eigenvalue weighted by atomic mass is 10.2. The van der Waals surface area contributed by atoms with E-state index in [0.717, 1.165) is 12.1 Å². The van der Waals surface area contributed by atoms with E-state index in [2.05, 4.69) is 10.2 Å². The number of aromatic amines is 1. The van der Waals surface area contributed by atoms with Gasteiger partial charge in [-0.25, -0.2) is 0 Å². The van der Waals surface area contributed by atoms with Crippen LogP contribution in [-0.2, 0) is 11.3 Å². The number of benzene rings is 1. The smallest absolute Gasteiger partial charge is 0.274 e. The van der Waals surface area contributed by atoms with Gasteiger partial charge in [-0.3, -0.25) is 9.89 Å². The molecule has 2 aliphatic rings. The van der Waals surface area contributed by atoms with Gasteiger partial charge < -0.3 is 23.8 Å². The molecule has 0 aliphatic carbocycles. The van der Waals surface area contributed by atoms with Gasteiger partial charge in [-0.2, -0.15) is 5.10 Å². The monoisotopic (exact) mass is 345 g/mol. The molecule has 0 spiro atoms. The molecule has 3 heterocycles. The highest BCUT2D eigenvalue weighted by Crippen LogP contribution is 2.35. The molecule has 4 rings (SSSR count). The molecule has 0 saturated carbocycles. The Hall–Kier alpha value is -2.74. The Balaban J connectivity index is 1.37. The highest BCUT2D eigenvalue weighted by atomic mass is 16.7. The fourth-order valence-corrected chi connectivity index (χ4v) is 2.85. The van der Waals surface area contributed by atoms with E-state index < -0.39 is 0 Å². The second-order valence-corrected chi connectivity index (χ2v) is 6.02. The first kappa shape index (κ1) is 15.8. The summed E-state index contributed by atoms with van der Waals surface area (Å²) in [5.74, 6) is 1.91. The van der Waals surface area contributed by atoms with E-state index >= 15 is 0 Å². The summed E-state index contributed by atoms with van der Waals surface area (Å²) in [6.45, 7) is 1.77. The van der Waals surface area contributed by atoms with Crippen LogP contribution in [0.5, 0.6) is 17.2 Å². The summed E-state index contributed by atoms with van der Waals surface area (Å²) in [5.41, 5.74) is 1.09. The predicted molar refractivity (Wildman–Crippen MR) is 86.8 cm³/mol. The molecule has 8 nitrogen and oxygen atoms in total. The Kier molecular flexibility index (Phi) is 4.19. The first-order chi connectivity index (χ1) is 12.2. The molecule has 1 aromatic heterocycles. The van der Waals surface area contributed by atoms with E-state index in [9.17, 15) is 4.79 Å². The average Bonchev–Trinajstić information content (AvgIpc) is 3.39. The van der Waals surface area contributed by atoms with Gasteiger partial charge in [0.15, 0.2) is 17.2 Å². The van der Waals surface area contributed by atoms with E-state index in [0.29, 0.717) is 36.2 Å². The van der Waals surface area contributed by atoms with Crippen LogP contribution in [0.25, 0.3) is 0 Å². The van der Waals surface area contributed by atoms with Crippen molar-refractivity contribution in [3.05, 3.63) is 35.7 Å². The molecule has 0 bridgehead atoms. The van der Waals surface area contributed by atoms with Crippen LogP contribution in [0.4, 0.5) is 0 Å². The number of nitrogens with one attached hydrogen (secondary N) is 1. The fourth-order valence-electron chi connectivity index (χ4n) is 2.85. The first-order valence-electron chi connectivity index (χ1n) is 8.12. The molecule has 1 N–H and O–H groups in total. The molecule has 1 amide bonds. The third-order valence-corrected chi connectivity index (χ3v) is 4.36. The quantitative estimate of drug-likeness (QED) is 0.885. The maximum Gasteiger partial charge on any atom is 0.274 e. The zero-order valence-electron chi connectivity index (χ0n) is 13.9. The number of rotatable bonds is 5. The maximum absolute atomic E-state index is 12.5. The topological polar surface area (TPSA) is 85.9 Å². The lowest BCUT2D eigenvalue weighted by molar-refractivity contribution is 0.0705. The van der Waals surface area contributed by atoms with Crippen LogP contribution in [0, 0.1) is 0 Å². The van der Waals surface area contributed by atoms with Gasteiger partial charge in [0.2, 0.25) is 6.79 Å². The number of likely N-dealkylation sites (N-methyl/N-ethyl adjacent to an activating group) is 1. The largest absolute Gasteiger partial charge is 0.487 e. The highest BCUT2D eigenvalue weighted by Gasteiger charge is 2.26. The third-order valence-electron chi connectivity index (χ3n) is 4.36. The number of carbonyl (C=O) groups is 1.